The Morgan fingerprint density at radius 2 is 1.61 bits per heavy atom. The van der Waals surface area contributed by atoms with E-state index in [0.29, 0.717) is 32.1 Å². The van der Waals surface area contributed by atoms with Crippen molar-refractivity contribution >= 4 is 81.3 Å². The van der Waals surface area contributed by atoms with E-state index in [1.165, 1.54) is 23.5 Å². The topological polar surface area (TPSA) is 113 Å². The Hall–Kier alpha value is -4.42. The number of benzene rings is 4. The second-order valence-corrected chi connectivity index (χ2v) is 13.2. The summed E-state index contributed by atoms with van der Waals surface area (Å²) in [5, 5.41) is 9.53. The molecule has 3 amide bonds. The normalized spacial score (nSPS) is 11.8. The molecule has 5 aromatic rings. The lowest BCUT2D eigenvalue weighted by molar-refractivity contribution is -0.116. The maximum atomic E-state index is 13.6. The van der Waals surface area contributed by atoms with E-state index in [1.807, 2.05) is 49.4 Å². The van der Waals surface area contributed by atoms with Crippen LogP contribution in [-0.2, 0) is 9.59 Å². The van der Waals surface area contributed by atoms with Crippen molar-refractivity contribution in [3.05, 3.63) is 137 Å². The number of thioether (sulfide) groups is 2. The van der Waals surface area contributed by atoms with Crippen LogP contribution >= 0.6 is 46.7 Å². The van der Waals surface area contributed by atoms with Crippen molar-refractivity contribution in [1.82, 2.24) is 14.7 Å². The number of anilines is 2. The fourth-order valence-electron chi connectivity index (χ4n) is 4.17. The molecule has 1 unspecified atom stereocenters. The van der Waals surface area contributed by atoms with Gasteiger partial charge in [0.15, 0.2) is 0 Å². The zero-order chi connectivity index (χ0) is 32.3. The van der Waals surface area contributed by atoms with Crippen LogP contribution in [0.25, 0.3) is 6.08 Å². The Morgan fingerprint density at radius 3 is 2.33 bits per heavy atom. The number of halogens is 1. The van der Waals surface area contributed by atoms with Crippen LogP contribution in [0.2, 0.25) is 5.02 Å². The van der Waals surface area contributed by atoms with Crippen LogP contribution in [-0.4, -0.2) is 32.8 Å². The lowest BCUT2D eigenvalue weighted by atomic mass is 10.1. The van der Waals surface area contributed by atoms with Crippen molar-refractivity contribution in [3.63, 3.8) is 0 Å². The van der Waals surface area contributed by atoms with Gasteiger partial charge < -0.3 is 10.6 Å². The lowest BCUT2D eigenvalue weighted by Crippen LogP contribution is -2.30. The van der Waals surface area contributed by atoms with Gasteiger partial charge in [0.1, 0.15) is 10.9 Å². The Kier molecular flexibility index (Phi) is 11.6. The molecule has 0 radical (unpaired) electrons. The Balaban J connectivity index is 1.36. The van der Waals surface area contributed by atoms with Crippen molar-refractivity contribution in [2.24, 2.45) is 0 Å². The molecule has 0 aliphatic carbocycles. The molecule has 46 heavy (non-hydrogen) atoms. The predicted octanol–water partition coefficient (Wildman–Crippen LogP) is 8.19. The van der Waals surface area contributed by atoms with E-state index in [4.69, 9.17) is 11.6 Å². The fraction of sp³-hybridized carbons (Fsp3) is 0.0882. The quantitative estimate of drug-likeness (QED) is 0.0897. The standard InChI is InChI=1S/C34H28ClN5O3S3/c1-2-44-34-39-33(46-40-34)38-32(43)29(23-10-5-3-6-11-23)45-27-15-9-14-26(21-27)36-31(42)28(20-22-16-18-25(35)19-17-22)37-30(41)24-12-7-4-8-13-24/h3-21,29H,2H2,1H3,(H,36,42)(H,37,41)(H,38,39,40,43)/b28-20-. The summed E-state index contributed by atoms with van der Waals surface area (Å²) in [5.41, 5.74) is 2.44. The molecule has 1 atom stereocenters. The monoisotopic (exact) mass is 685 g/mol. The summed E-state index contributed by atoms with van der Waals surface area (Å²) in [7, 11) is 0. The van der Waals surface area contributed by atoms with Gasteiger partial charge in [-0.3, -0.25) is 19.7 Å². The van der Waals surface area contributed by atoms with Gasteiger partial charge in [0.2, 0.25) is 16.2 Å². The summed E-state index contributed by atoms with van der Waals surface area (Å²) < 4.78 is 4.29. The van der Waals surface area contributed by atoms with Crippen molar-refractivity contribution in [2.75, 3.05) is 16.4 Å². The zero-order valence-electron chi connectivity index (χ0n) is 24.5. The lowest BCUT2D eigenvalue weighted by Gasteiger charge is -2.17. The van der Waals surface area contributed by atoms with Crippen molar-refractivity contribution in [3.8, 4) is 0 Å². The van der Waals surface area contributed by atoms with E-state index in [0.717, 1.165) is 27.7 Å². The van der Waals surface area contributed by atoms with Crippen LogP contribution in [0.15, 0.2) is 125 Å². The first-order valence-electron chi connectivity index (χ1n) is 14.1. The van der Waals surface area contributed by atoms with E-state index in [9.17, 15) is 14.4 Å². The van der Waals surface area contributed by atoms with Gasteiger partial charge in [-0.15, -0.1) is 11.8 Å². The van der Waals surface area contributed by atoms with Gasteiger partial charge in [-0.05, 0) is 65.4 Å². The molecule has 8 nitrogen and oxygen atoms in total. The molecule has 1 aromatic heterocycles. The minimum Gasteiger partial charge on any atom is -0.321 e. The number of carbonyl (C=O) groups excluding carboxylic acids is 3. The maximum absolute atomic E-state index is 13.6. The minimum absolute atomic E-state index is 0.0495. The second-order valence-electron chi connectivity index (χ2n) is 9.62. The highest BCUT2D eigenvalue weighted by Gasteiger charge is 2.24. The van der Waals surface area contributed by atoms with Crippen LogP contribution in [0, 0.1) is 0 Å². The Bertz CT molecular complexity index is 1830. The molecule has 0 saturated heterocycles. The van der Waals surface area contributed by atoms with E-state index in [-0.39, 0.29) is 11.6 Å². The molecule has 0 fully saturated rings. The van der Waals surface area contributed by atoms with E-state index >= 15 is 0 Å². The van der Waals surface area contributed by atoms with E-state index in [1.54, 1.807) is 72.8 Å². The van der Waals surface area contributed by atoms with Crippen LogP contribution < -0.4 is 16.0 Å². The van der Waals surface area contributed by atoms with Crippen LogP contribution in [0.1, 0.15) is 33.7 Å². The molecule has 3 N–H and O–H groups in total. The highest BCUT2D eigenvalue weighted by atomic mass is 35.5. The Morgan fingerprint density at radius 1 is 0.891 bits per heavy atom. The summed E-state index contributed by atoms with van der Waals surface area (Å²) in [6.45, 7) is 2.01. The molecule has 5 rings (SSSR count). The molecule has 0 aliphatic heterocycles. The van der Waals surface area contributed by atoms with Gasteiger partial charge in [0.05, 0.1) is 0 Å². The number of rotatable bonds is 12. The third-order valence-electron chi connectivity index (χ3n) is 6.31. The summed E-state index contributed by atoms with van der Waals surface area (Å²) in [5.74, 6) is -0.354. The average Bonchev–Trinajstić information content (AvgIpc) is 3.51. The van der Waals surface area contributed by atoms with Crippen LogP contribution in [0.3, 0.4) is 0 Å². The maximum Gasteiger partial charge on any atom is 0.272 e. The molecule has 12 heteroatoms. The third kappa shape index (κ3) is 9.30. The third-order valence-corrected chi connectivity index (χ3v) is 9.28. The fourth-order valence-corrected chi connectivity index (χ4v) is 6.65. The predicted molar refractivity (Wildman–Crippen MR) is 188 cm³/mol. The smallest absolute Gasteiger partial charge is 0.272 e. The zero-order valence-corrected chi connectivity index (χ0v) is 27.7. The molecule has 0 spiro atoms. The number of hydrogen-bond acceptors (Lipinski definition) is 8. The van der Waals surface area contributed by atoms with Crippen molar-refractivity contribution in [2.45, 2.75) is 22.2 Å². The number of amides is 3. The van der Waals surface area contributed by atoms with Gasteiger partial charge in [-0.1, -0.05) is 97.0 Å². The van der Waals surface area contributed by atoms with Gasteiger partial charge in [0, 0.05) is 32.7 Å². The highest BCUT2D eigenvalue weighted by Crippen LogP contribution is 2.37. The minimum atomic E-state index is -0.608. The Labute approximate surface area is 284 Å². The first-order valence-corrected chi connectivity index (χ1v) is 17.1. The molecule has 1 heterocycles. The van der Waals surface area contributed by atoms with Crippen LogP contribution in [0.4, 0.5) is 10.8 Å². The van der Waals surface area contributed by atoms with Gasteiger partial charge in [-0.2, -0.15) is 9.36 Å². The number of carbonyl (C=O) groups is 3. The molecule has 0 saturated carbocycles. The van der Waals surface area contributed by atoms with Crippen LogP contribution in [0.5, 0.6) is 0 Å². The molecule has 4 aromatic carbocycles. The van der Waals surface area contributed by atoms with Gasteiger partial charge in [0.25, 0.3) is 11.8 Å². The number of nitrogens with one attached hydrogen (secondary N) is 3. The first kappa shape index (κ1) is 33.0. The van der Waals surface area contributed by atoms with E-state index in [2.05, 4.69) is 25.3 Å². The van der Waals surface area contributed by atoms with Gasteiger partial charge >= 0.3 is 0 Å². The largest absolute Gasteiger partial charge is 0.321 e. The molecular formula is C34H28ClN5O3S3. The summed E-state index contributed by atoms with van der Waals surface area (Å²) >= 11 is 10.0. The molecule has 0 aliphatic rings. The van der Waals surface area contributed by atoms with Crippen molar-refractivity contribution < 1.29 is 14.4 Å². The SMILES string of the molecule is CCSc1nsc(NC(=O)C(Sc2cccc(NC(=O)/C(=C/c3ccc(Cl)cc3)NC(=O)c3ccccc3)c2)c2ccccc2)n1. The molecule has 0 bridgehead atoms. The summed E-state index contributed by atoms with van der Waals surface area (Å²) in [6, 6.07) is 32.2. The highest BCUT2D eigenvalue weighted by molar-refractivity contribution is 8.00. The summed E-state index contributed by atoms with van der Waals surface area (Å²) in [4.78, 5) is 45.2. The second kappa shape index (κ2) is 16.2. The van der Waals surface area contributed by atoms with Gasteiger partial charge in [-0.25, -0.2) is 0 Å². The molecular weight excluding hydrogens is 658 g/mol. The number of nitrogens with zero attached hydrogens (tertiary/aromatic N) is 2. The number of hydrogen-bond donors (Lipinski definition) is 3. The van der Waals surface area contributed by atoms with E-state index < -0.39 is 17.1 Å². The first-order chi connectivity index (χ1) is 22.4. The summed E-state index contributed by atoms with van der Waals surface area (Å²) in [6.07, 6.45) is 1.58. The average molecular weight is 686 g/mol. The molecule has 232 valence electrons. The van der Waals surface area contributed by atoms with Crippen molar-refractivity contribution in [1.29, 1.82) is 0 Å². The number of aromatic nitrogens is 2.